The van der Waals surface area contributed by atoms with Crippen molar-refractivity contribution in [2.75, 3.05) is 6.79 Å². The van der Waals surface area contributed by atoms with Crippen molar-refractivity contribution in [3.63, 3.8) is 0 Å². The summed E-state index contributed by atoms with van der Waals surface area (Å²) in [5.74, 6) is 3.19. The van der Waals surface area contributed by atoms with Crippen molar-refractivity contribution >= 4 is 5.91 Å². The minimum atomic E-state index is -0.198. The molecule has 1 heterocycles. The smallest absolute Gasteiger partial charge is 0.231 e. The van der Waals surface area contributed by atoms with Crippen LogP contribution in [-0.2, 0) is 16.8 Å². The highest BCUT2D eigenvalue weighted by Gasteiger charge is 2.60. The van der Waals surface area contributed by atoms with Crippen molar-refractivity contribution in [2.45, 2.75) is 50.5 Å². The summed E-state index contributed by atoms with van der Waals surface area (Å²) in [5.41, 5.74) is 2.50. The van der Waals surface area contributed by atoms with Crippen molar-refractivity contribution in [3.05, 3.63) is 59.7 Å². The number of fused-ring (bicyclic) bond motifs is 1. The fourth-order valence-electron chi connectivity index (χ4n) is 7.08. The Bertz CT molecular complexity index is 940. The lowest BCUT2D eigenvalue weighted by molar-refractivity contribution is -0.149. The van der Waals surface area contributed by atoms with Gasteiger partial charge in [-0.2, -0.15) is 0 Å². The lowest BCUT2D eigenvalue weighted by Gasteiger charge is -2.61. The van der Waals surface area contributed by atoms with Crippen LogP contribution in [-0.4, -0.2) is 12.7 Å². The van der Waals surface area contributed by atoms with Crippen LogP contribution in [0.5, 0.6) is 11.5 Å². The summed E-state index contributed by atoms with van der Waals surface area (Å²) in [7, 11) is 0. The summed E-state index contributed by atoms with van der Waals surface area (Å²) >= 11 is 0. The molecule has 1 amide bonds. The Morgan fingerprint density at radius 1 is 0.966 bits per heavy atom. The van der Waals surface area contributed by atoms with Crippen LogP contribution in [0, 0.1) is 17.3 Å². The summed E-state index contributed by atoms with van der Waals surface area (Å²) in [4.78, 5) is 13.5. The molecule has 4 saturated carbocycles. The molecule has 4 heteroatoms. The van der Waals surface area contributed by atoms with Gasteiger partial charge in [0.05, 0.1) is 5.41 Å². The van der Waals surface area contributed by atoms with Gasteiger partial charge in [0.15, 0.2) is 11.5 Å². The summed E-state index contributed by atoms with van der Waals surface area (Å²) in [6.45, 7) is 0.823. The molecule has 2 aromatic carbocycles. The van der Waals surface area contributed by atoms with Crippen LogP contribution in [0.3, 0.4) is 0 Å². The molecule has 1 aliphatic heterocycles. The van der Waals surface area contributed by atoms with Gasteiger partial charge in [-0.15, -0.1) is 0 Å². The van der Waals surface area contributed by atoms with Crippen LogP contribution in [0.2, 0.25) is 0 Å². The maximum atomic E-state index is 13.5. The largest absolute Gasteiger partial charge is 0.454 e. The lowest BCUT2D eigenvalue weighted by atomic mass is 9.42. The summed E-state index contributed by atoms with van der Waals surface area (Å²) in [6.07, 6.45) is 6.95. The molecule has 4 fully saturated rings. The first-order valence-corrected chi connectivity index (χ1v) is 10.9. The highest BCUT2D eigenvalue weighted by Crippen LogP contribution is 2.65. The van der Waals surface area contributed by atoms with E-state index in [0.29, 0.717) is 18.4 Å². The normalized spacial score (nSPS) is 33.7. The van der Waals surface area contributed by atoms with Gasteiger partial charge in [-0.3, -0.25) is 4.79 Å². The summed E-state index contributed by atoms with van der Waals surface area (Å²) in [5, 5.41) is 3.28. The van der Waals surface area contributed by atoms with Crippen LogP contribution in [0.1, 0.15) is 49.7 Å². The van der Waals surface area contributed by atoms with Gasteiger partial charge in [-0.25, -0.2) is 0 Å². The van der Waals surface area contributed by atoms with E-state index >= 15 is 0 Å². The Hall–Kier alpha value is -2.49. The Labute approximate surface area is 171 Å². The molecule has 0 spiro atoms. The Morgan fingerprint density at radius 3 is 2.52 bits per heavy atom. The van der Waals surface area contributed by atoms with Crippen LogP contribution in [0.15, 0.2) is 48.5 Å². The molecule has 7 rings (SSSR count). The van der Waals surface area contributed by atoms with Gasteiger partial charge in [0.2, 0.25) is 12.7 Å². The fraction of sp³-hybridized carbons (Fsp3) is 0.480. The third-order valence-electron chi connectivity index (χ3n) is 7.82. The second-order valence-electron chi connectivity index (χ2n) is 9.76. The van der Waals surface area contributed by atoms with E-state index in [1.54, 1.807) is 0 Å². The minimum Gasteiger partial charge on any atom is -0.454 e. The molecule has 2 unspecified atom stereocenters. The van der Waals surface area contributed by atoms with Gasteiger partial charge in [0.1, 0.15) is 0 Å². The first-order chi connectivity index (χ1) is 14.1. The van der Waals surface area contributed by atoms with Crippen LogP contribution < -0.4 is 14.8 Å². The number of hydrogen-bond acceptors (Lipinski definition) is 3. The van der Waals surface area contributed by atoms with Crippen molar-refractivity contribution < 1.29 is 14.3 Å². The van der Waals surface area contributed by atoms with Gasteiger partial charge in [0.25, 0.3) is 0 Å². The Balaban J connectivity index is 1.24. The van der Waals surface area contributed by atoms with Gasteiger partial charge in [-0.1, -0.05) is 36.4 Å². The molecule has 5 aliphatic rings. The minimum absolute atomic E-state index is 0.196. The van der Waals surface area contributed by atoms with Crippen LogP contribution in [0.25, 0.3) is 0 Å². The highest BCUT2D eigenvalue weighted by molar-refractivity contribution is 5.83. The van der Waals surface area contributed by atoms with Gasteiger partial charge >= 0.3 is 0 Å². The number of nitrogens with one attached hydrogen (secondary N) is 1. The third-order valence-corrected chi connectivity index (χ3v) is 7.82. The van der Waals surface area contributed by atoms with Crippen LogP contribution in [0.4, 0.5) is 0 Å². The molecule has 150 valence electrons. The molecule has 29 heavy (non-hydrogen) atoms. The quantitative estimate of drug-likeness (QED) is 0.833. The molecule has 1 N–H and O–H groups in total. The third kappa shape index (κ3) is 2.76. The highest BCUT2D eigenvalue weighted by atomic mass is 16.7. The van der Waals surface area contributed by atoms with Crippen molar-refractivity contribution in [3.8, 4) is 11.5 Å². The number of hydrogen-bond donors (Lipinski definition) is 1. The van der Waals surface area contributed by atoms with E-state index in [9.17, 15) is 4.79 Å². The first-order valence-electron chi connectivity index (χ1n) is 10.9. The Kier molecular flexibility index (Phi) is 3.75. The molecular formula is C25H27NO3. The first kappa shape index (κ1) is 17.4. The summed E-state index contributed by atoms with van der Waals surface area (Å²) < 4.78 is 10.9. The average Bonchev–Trinajstić information content (AvgIpc) is 3.19. The summed E-state index contributed by atoms with van der Waals surface area (Å²) in [6, 6.07) is 16.9. The van der Waals surface area contributed by atoms with Gasteiger partial charge < -0.3 is 14.8 Å². The maximum Gasteiger partial charge on any atom is 0.231 e. The monoisotopic (exact) mass is 389 g/mol. The average molecular weight is 389 g/mol. The number of amides is 1. The van der Waals surface area contributed by atoms with Gasteiger partial charge in [0, 0.05) is 6.54 Å². The van der Waals surface area contributed by atoms with Crippen LogP contribution >= 0.6 is 0 Å². The molecule has 0 aromatic heterocycles. The molecule has 0 saturated heterocycles. The zero-order valence-corrected chi connectivity index (χ0v) is 16.7. The van der Waals surface area contributed by atoms with E-state index in [1.165, 1.54) is 24.8 Å². The Morgan fingerprint density at radius 2 is 1.72 bits per heavy atom. The fourth-order valence-corrected chi connectivity index (χ4v) is 7.08. The van der Waals surface area contributed by atoms with Crippen molar-refractivity contribution in [1.82, 2.24) is 5.32 Å². The van der Waals surface area contributed by atoms with E-state index in [2.05, 4.69) is 35.6 Å². The van der Waals surface area contributed by atoms with Crippen molar-refractivity contribution in [2.24, 2.45) is 17.3 Å². The zero-order valence-electron chi connectivity index (χ0n) is 16.7. The number of benzene rings is 2. The SMILES string of the molecule is O=C(NCc1ccc2c(c1)OCO2)C12CC3CC(C1)CC(c1ccccc1)(C3)C2. The number of rotatable bonds is 4. The van der Waals surface area contributed by atoms with E-state index in [0.717, 1.165) is 36.3 Å². The molecule has 4 nitrogen and oxygen atoms in total. The predicted molar refractivity (Wildman–Crippen MR) is 110 cm³/mol. The standard InChI is InChI=1S/C25H27NO3/c27-23(26-14-17-6-7-21-22(9-17)29-16-28-21)25-12-18-8-19(13-25)11-24(10-18,15-25)20-4-2-1-3-5-20/h1-7,9,18-19H,8,10-16H2,(H,26,27). The lowest BCUT2D eigenvalue weighted by Crippen LogP contribution is -2.59. The number of carbonyl (C=O) groups is 1. The maximum absolute atomic E-state index is 13.5. The van der Waals surface area contributed by atoms with E-state index in [4.69, 9.17) is 9.47 Å². The molecule has 4 bridgehead atoms. The predicted octanol–water partition coefficient (Wildman–Crippen LogP) is 4.57. The molecule has 4 aliphatic carbocycles. The van der Waals surface area contributed by atoms with E-state index in [1.807, 2.05) is 18.2 Å². The van der Waals surface area contributed by atoms with Crippen molar-refractivity contribution in [1.29, 1.82) is 0 Å². The molecule has 2 aromatic rings. The topological polar surface area (TPSA) is 47.6 Å². The number of ether oxygens (including phenoxy) is 2. The molecular weight excluding hydrogens is 362 g/mol. The second-order valence-corrected chi connectivity index (χ2v) is 9.76. The number of carbonyl (C=O) groups excluding carboxylic acids is 1. The zero-order chi connectivity index (χ0) is 19.5. The molecule has 0 radical (unpaired) electrons. The second kappa shape index (κ2) is 6.25. The molecule has 2 atom stereocenters. The van der Waals surface area contributed by atoms with E-state index in [-0.39, 0.29) is 23.5 Å². The van der Waals surface area contributed by atoms with Gasteiger partial charge in [-0.05, 0) is 79.0 Å². The van der Waals surface area contributed by atoms with E-state index < -0.39 is 0 Å².